The lowest BCUT2D eigenvalue weighted by atomic mass is 9.87. The standard InChI is InChI=1S/C11H21NO/c1-8(2)7-10(9(3)4)11-12-5-6-13-11/h8-10H,5-7H2,1-4H3. The van der Waals surface area contributed by atoms with Crippen LogP contribution in [0, 0.1) is 17.8 Å². The largest absolute Gasteiger partial charge is 0.479 e. The Morgan fingerprint density at radius 3 is 2.38 bits per heavy atom. The molecule has 1 aliphatic heterocycles. The predicted octanol–water partition coefficient (Wildman–Crippen LogP) is 2.73. The van der Waals surface area contributed by atoms with Gasteiger partial charge in [-0.1, -0.05) is 27.7 Å². The van der Waals surface area contributed by atoms with Gasteiger partial charge in [0.25, 0.3) is 0 Å². The highest BCUT2D eigenvalue weighted by molar-refractivity contribution is 5.80. The molecule has 0 amide bonds. The Hall–Kier alpha value is -0.530. The fraction of sp³-hybridized carbons (Fsp3) is 0.909. The molecule has 1 atom stereocenters. The predicted molar refractivity (Wildman–Crippen MR) is 56.0 cm³/mol. The van der Waals surface area contributed by atoms with Gasteiger partial charge in [-0.05, 0) is 18.3 Å². The van der Waals surface area contributed by atoms with E-state index in [4.69, 9.17) is 4.74 Å². The van der Waals surface area contributed by atoms with E-state index in [1.807, 2.05) is 0 Å². The Morgan fingerprint density at radius 1 is 1.31 bits per heavy atom. The molecule has 2 nitrogen and oxygen atoms in total. The first kappa shape index (κ1) is 10.6. The molecule has 1 aliphatic rings. The highest BCUT2D eigenvalue weighted by Gasteiger charge is 2.24. The third-order valence-electron chi connectivity index (χ3n) is 2.46. The van der Waals surface area contributed by atoms with Gasteiger partial charge in [-0.15, -0.1) is 0 Å². The molecule has 0 N–H and O–H groups in total. The maximum Gasteiger partial charge on any atom is 0.186 e. The maximum atomic E-state index is 5.53. The van der Waals surface area contributed by atoms with Crippen LogP contribution in [0.15, 0.2) is 4.99 Å². The van der Waals surface area contributed by atoms with Crippen molar-refractivity contribution in [2.45, 2.75) is 34.1 Å². The summed E-state index contributed by atoms with van der Waals surface area (Å²) < 4.78 is 5.53. The minimum absolute atomic E-state index is 0.530. The van der Waals surface area contributed by atoms with Crippen LogP contribution < -0.4 is 0 Å². The minimum Gasteiger partial charge on any atom is -0.479 e. The Kier molecular flexibility index (Phi) is 3.76. The second kappa shape index (κ2) is 4.64. The van der Waals surface area contributed by atoms with Crippen molar-refractivity contribution in [3.05, 3.63) is 0 Å². The van der Waals surface area contributed by atoms with Gasteiger partial charge in [-0.2, -0.15) is 0 Å². The molecule has 0 saturated carbocycles. The SMILES string of the molecule is CC(C)CC(C1=NCCO1)C(C)C. The van der Waals surface area contributed by atoms with E-state index in [2.05, 4.69) is 32.7 Å². The van der Waals surface area contributed by atoms with Crippen molar-refractivity contribution in [1.29, 1.82) is 0 Å². The van der Waals surface area contributed by atoms with Gasteiger partial charge in [0.15, 0.2) is 5.90 Å². The van der Waals surface area contributed by atoms with Gasteiger partial charge >= 0.3 is 0 Å². The van der Waals surface area contributed by atoms with Crippen molar-refractivity contribution in [2.24, 2.45) is 22.7 Å². The molecule has 0 spiro atoms. The molecule has 2 heteroatoms. The zero-order chi connectivity index (χ0) is 9.84. The van der Waals surface area contributed by atoms with E-state index >= 15 is 0 Å². The molecule has 0 bridgehead atoms. The van der Waals surface area contributed by atoms with Crippen molar-refractivity contribution in [3.63, 3.8) is 0 Å². The lowest BCUT2D eigenvalue weighted by Crippen LogP contribution is -2.22. The molecule has 0 radical (unpaired) electrons. The van der Waals surface area contributed by atoms with Gasteiger partial charge < -0.3 is 4.74 Å². The van der Waals surface area contributed by atoms with Crippen molar-refractivity contribution in [1.82, 2.24) is 0 Å². The van der Waals surface area contributed by atoms with Crippen LogP contribution in [0.3, 0.4) is 0 Å². The van der Waals surface area contributed by atoms with Crippen LogP contribution >= 0.6 is 0 Å². The summed E-state index contributed by atoms with van der Waals surface area (Å²) in [7, 11) is 0. The zero-order valence-electron chi connectivity index (χ0n) is 9.21. The van der Waals surface area contributed by atoms with Gasteiger partial charge in [0, 0.05) is 5.92 Å². The summed E-state index contributed by atoms with van der Waals surface area (Å²) in [5.74, 6) is 2.89. The van der Waals surface area contributed by atoms with Crippen LogP contribution in [-0.4, -0.2) is 19.0 Å². The molecular weight excluding hydrogens is 162 g/mol. The van der Waals surface area contributed by atoms with Gasteiger partial charge in [0.1, 0.15) is 6.61 Å². The first-order chi connectivity index (χ1) is 6.11. The maximum absolute atomic E-state index is 5.53. The summed E-state index contributed by atoms with van der Waals surface area (Å²) in [6.07, 6.45) is 1.19. The van der Waals surface area contributed by atoms with Crippen molar-refractivity contribution in [3.8, 4) is 0 Å². The van der Waals surface area contributed by atoms with Crippen molar-refractivity contribution >= 4 is 5.90 Å². The third kappa shape index (κ3) is 3.02. The number of nitrogens with zero attached hydrogens (tertiary/aromatic N) is 1. The van der Waals surface area contributed by atoms with E-state index < -0.39 is 0 Å². The first-order valence-electron chi connectivity index (χ1n) is 5.28. The van der Waals surface area contributed by atoms with Crippen LogP contribution in [0.2, 0.25) is 0 Å². The smallest absolute Gasteiger partial charge is 0.186 e. The number of hydrogen-bond donors (Lipinski definition) is 0. The van der Waals surface area contributed by atoms with Crippen LogP contribution in [0.1, 0.15) is 34.1 Å². The second-order valence-electron chi connectivity index (χ2n) is 4.55. The molecule has 0 aromatic carbocycles. The topological polar surface area (TPSA) is 21.6 Å². The van der Waals surface area contributed by atoms with E-state index in [9.17, 15) is 0 Å². The molecule has 1 heterocycles. The first-order valence-corrected chi connectivity index (χ1v) is 5.28. The molecule has 0 saturated heterocycles. The molecule has 1 rings (SSSR count). The summed E-state index contributed by atoms with van der Waals surface area (Å²) in [5, 5.41) is 0. The van der Waals surface area contributed by atoms with Crippen molar-refractivity contribution in [2.75, 3.05) is 13.2 Å². The van der Waals surface area contributed by atoms with Crippen molar-refractivity contribution < 1.29 is 4.74 Å². The lowest BCUT2D eigenvalue weighted by Gasteiger charge is -2.21. The molecule has 13 heavy (non-hydrogen) atoms. The number of ether oxygens (including phenoxy) is 1. The molecule has 0 aromatic heterocycles. The average molecular weight is 183 g/mol. The molecule has 1 unspecified atom stereocenters. The molecular formula is C11H21NO. The molecule has 0 aliphatic carbocycles. The van der Waals surface area contributed by atoms with Crippen LogP contribution in [0.25, 0.3) is 0 Å². The van der Waals surface area contributed by atoms with E-state index in [0.29, 0.717) is 11.8 Å². The Bertz CT molecular complexity index is 185. The molecule has 0 fully saturated rings. The van der Waals surface area contributed by atoms with Crippen LogP contribution in [-0.2, 0) is 4.74 Å². The number of hydrogen-bond acceptors (Lipinski definition) is 2. The molecule has 76 valence electrons. The normalized spacial score (nSPS) is 19.1. The lowest BCUT2D eigenvalue weighted by molar-refractivity contribution is 0.285. The van der Waals surface area contributed by atoms with Crippen LogP contribution in [0.4, 0.5) is 0 Å². The minimum atomic E-state index is 0.530. The second-order valence-corrected chi connectivity index (χ2v) is 4.55. The van der Waals surface area contributed by atoms with E-state index in [1.54, 1.807) is 0 Å². The summed E-state index contributed by atoms with van der Waals surface area (Å²) in [5.41, 5.74) is 0. The Labute approximate surface area is 81.4 Å². The van der Waals surface area contributed by atoms with Gasteiger partial charge in [-0.25, -0.2) is 0 Å². The fourth-order valence-electron chi connectivity index (χ4n) is 1.74. The zero-order valence-corrected chi connectivity index (χ0v) is 9.21. The summed E-state index contributed by atoms with van der Waals surface area (Å²) in [6.45, 7) is 10.7. The highest BCUT2D eigenvalue weighted by atomic mass is 16.5. The summed E-state index contributed by atoms with van der Waals surface area (Å²) >= 11 is 0. The van der Waals surface area contributed by atoms with Gasteiger partial charge in [0.05, 0.1) is 6.54 Å². The van der Waals surface area contributed by atoms with E-state index in [1.165, 1.54) is 6.42 Å². The Morgan fingerprint density at radius 2 is 2.00 bits per heavy atom. The molecule has 0 aromatic rings. The number of aliphatic imine (C=N–C) groups is 1. The van der Waals surface area contributed by atoms with Crippen LogP contribution in [0.5, 0.6) is 0 Å². The van der Waals surface area contributed by atoms with E-state index in [-0.39, 0.29) is 0 Å². The highest BCUT2D eigenvalue weighted by Crippen LogP contribution is 2.23. The Balaban J connectivity index is 2.56. The fourth-order valence-corrected chi connectivity index (χ4v) is 1.74. The summed E-state index contributed by atoms with van der Waals surface area (Å²) in [6, 6.07) is 0. The third-order valence-corrected chi connectivity index (χ3v) is 2.46. The monoisotopic (exact) mass is 183 g/mol. The van der Waals surface area contributed by atoms with E-state index in [0.717, 1.165) is 25.0 Å². The van der Waals surface area contributed by atoms with Gasteiger partial charge in [0.2, 0.25) is 0 Å². The quantitative estimate of drug-likeness (QED) is 0.656. The number of rotatable bonds is 4. The van der Waals surface area contributed by atoms with Gasteiger partial charge in [-0.3, -0.25) is 4.99 Å². The summed E-state index contributed by atoms with van der Waals surface area (Å²) in [4.78, 5) is 4.40. The average Bonchev–Trinajstić information content (AvgIpc) is 2.50.